The number of nitrogens with zero attached hydrogens (tertiary/aromatic N) is 1. The van der Waals surface area contributed by atoms with Crippen molar-refractivity contribution >= 4 is 27.3 Å². The van der Waals surface area contributed by atoms with Crippen LogP contribution < -0.4 is 14.8 Å². The summed E-state index contributed by atoms with van der Waals surface area (Å²) in [4.78, 5) is 12.8. The van der Waals surface area contributed by atoms with Crippen molar-refractivity contribution in [1.82, 2.24) is 9.62 Å². The van der Waals surface area contributed by atoms with Crippen LogP contribution in [0.5, 0.6) is 11.5 Å². The van der Waals surface area contributed by atoms with Crippen molar-refractivity contribution in [3.05, 3.63) is 41.3 Å². The molecule has 31 heavy (non-hydrogen) atoms. The smallest absolute Gasteiger partial charge is 0.252 e. The lowest BCUT2D eigenvalue weighted by Gasteiger charge is -2.30. The summed E-state index contributed by atoms with van der Waals surface area (Å²) < 4.78 is 38.4. The third-order valence-corrected chi connectivity index (χ3v) is 8.61. The Morgan fingerprint density at radius 2 is 1.84 bits per heavy atom. The normalized spacial score (nSPS) is 16.6. The van der Waals surface area contributed by atoms with Crippen LogP contribution in [0.2, 0.25) is 0 Å². The molecule has 1 aliphatic heterocycles. The van der Waals surface area contributed by atoms with Gasteiger partial charge in [-0.1, -0.05) is 12.1 Å². The lowest BCUT2D eigenvalue weighted by atomic mass is 9.96. The zero-order chi connectivity index (χ0) is 22.4. The number of nitrogens with one attached hydrogen (secondary N) is 1. The van der Waals surface area contributed by atoms with E-state index in [1.54, 1.807) is 17.5 Å². The molecule has 1 fully saturated rings. The first-order valence-electron chi connectivity index (χ1n) is 10.6. The lowest BCUT2D eigenvalue weighted by molar-refractivity contribution is -0.126. The van der Waals surface area contributed by atoms with Gasteiger partial charge in [-0.2, -0.15) is 4.31 Å². The summed E-state index contributed by atoms with van der Waals surface area (Å²) in [6, 6.07) is 8.84. The van der Waals surface area contributed by atoms with Crippen LogP contribution in [0.1, 0.15) is 45.2 Å². The fraction of sp³-hybridized carbons (Fsp3) is 0.500. The molecule has 7 nitrogen and oxygen atoms in total. The largest absolute Gasteiger partial charge is 0.490 e. The first-order valence-corrected chi connectivity index (χ1v) is 12.9. The zero-order valence-corrected chi connectivity index (χ0v) is 19.8. The Kier molecular flexibility index (Phi) is 7.96. The number of amides is 1. The number of carbonyl (C=O) groups is 1. The third-order valence-electron chi connectivity index (χ3n) is 5.34. The highest BCUT2D eigenvalue weighted by Gasteiger charge is 2.33. The van der Waals surface area contributed by atoms with Crippen molar-refractivity contribution < 1.29 is 22.7 Å². The Morgan fingerprint density at radius 3 is 2.45 bits per heavy atom. The highest BCUT2D eigenvalue weighted by atomic mass is 32.2. The molecule has 1 unspecified atom stereocenters. The molecular weight excluding hydrogens is 436 g/mol. The number of benzene rings is 1. The van der Waals surface area contributed by atoms with E-state index in [2.05, 4.69) is 5.32 Å². The standard InChI is InChI=1S/C22H30N2O5S2/c1-4-28-19-9-8-18(15-20(19)29-5-2)16(3)23-22(25)17-10-12-24(13-11-17)31(26,27)21-7-6-14-30-21/h6-9,14-17H,4-5,10-13H2,1-3H3,(H,23,25). The monoisotopic (exact) mass is 466 g/mol. The molecule has 0 radical (unpaired) electrons. The number of hydrogen-bond donors (Lipinski definition) is 1. The summed E-state index contributed by atoms with van der Waals surface area (Å²) in [5.41, 5.74) is 0.929. The Balaban J connectivity index is 1.59. The molecule has 170 valence electrons. The highest BCUT2D eigenvalue weighted by Crippen LogP contribution is 2.31. The second kappa shape index (κ2) is 10.5. The van der Waals surface area contributed by atoms with E-state index in [-0.39, 0.29) is 17.9 Å². The summed E-state index contributed by atoms with van der Waals surface area (Å²) in [5, 5.41) is 4.82. The van der Waals surface area contributed by atoms with Gasteiger partial charge in [0.2, 0.25) is 5.91 Å². The maximum absolute atomic E-state index is 12.8. The molecule has 3 rings (SSSR count). The molecule has 0 bridgehead atoms. The van der Waals surface area contributed by atoms with Gasteiger partial charge in [0.1, 0.15) is 4.21 Å². The maximum atomic E-state index is 12.8. The van der Waals surface area contributed by atoms with Crippen molar-refractivity contribution in [2.24, 2.45) is 5.92 Å². The van der Waals surface area contributed by atoms with Gasteiger partial charge in [0.25, 0.3) is 10.0 Å². The SMILES string of the molecule is CCOc1ccc(C(C)NC(=O)C2CCN(S(=O)(=O)c3cccs3)CC2)cc1OCC. The third kappa shape index (κ3) is 5.58. The van der Waals surface area contributed by atoms with Crippen molar-refractivity contribution in [3.63, 3.8) is 0 Å². The molecular formula is C22H30N2O5S2. The van der Waals surface area contributed by atoms with E-state index in [1.807, 2.05) is 39.0 Å². The van der Waals surface area contributed by atoms with Gasteiger partial charge in [-0.25, -0.2) is 8.42 Å². The van der Waals surface area contributed by atoms with Crippen LogP contribution in [0.25, 0.3) is 0 Å². The number of rotatable bonds is 9. The average Bonchev–Trinajstić information content (AvgIpc) is 3.31. The quantitative estimate of drug-likeness (QED) is 0.607. The van der Waals surface area contributed by atoms with Gasteiger partial charge in [0, 0.05) is 19.0 Å². The van der Waals surface area contributed by atoms with Crippen LogP contribution in [0.3, 0.4) is 0 Å². The fourth-order valence-electron chi connectivity index (χ4n) is 3.65. The predicted molar refractivity (Wildman–Crippen MR) is 121 cm³/mol. The van der Waals surface area contributed by atoms with Crippen LogP contribution in [0, 0.1) is 5.92 Å². The Labute approximate surface area is 188 Å². The molecule has 2 heterocycles. The molecule has 1 N–H and O–H groups in total. The van der Waals surface area contributed by atoms with E-state index in [1.165, 1.54) is 15.6 Å². The molecule has 9 heteroatoms. The molecule has 1 aromatic carbocycles. The van der Waals surface area contributed by atoms with Crippen molar-refractivity contribution in [2.45, 2.75) is 43.9 Å². The van der Waals surface area contributed by atoms with Gasteiger partial charge in [-0.15, -0.1) is 11.3 Å². The van der Waals surface area contributed by atoms with E-state index in [4.69, 9.17) is 9.47 Å². The molecule has 1 amide bonds. The molecule has 1 aromatic heterocycles. The van der Waals surface area contributed by atoms with Gasteiger partial charge < -0.3 is 14.8 Å². The summed E-state index contributed by atoms with van der Waals surface area (Å²) >= 11 is 1.22. The van der Waals surface area contributed by atoms with Gasteiger partial charge >= 0.3 is 0 Å². The molecule has 0 saturated carbocycles. The highest BCUT2D eigenvalue weighted by molar-refractivity contribution is 7.91. The first kappa shape index (κ1) is 23.6. The molecule has 1 aliphatic rings. The minimum absolute atomic E-state index is 0.0486. The van der Waals surface area contributed by atoms with Gasteiger partial charge in [0.05, 0.1) is 19.3 Å². The number of hydrogen-bond acceptors (Lipinski definition) is 6. The lowest BCUT2D eigenvalue weighted by Crippen LogP contribution is -2.43. The molecule has 1 atom stereocenters. The number of sulfonamides is 1. The van der Waals surface area contributed by atoms with Crippen molar-refractivity contribution in [1.29, 1.82) is 0 Å². The van der Waals surface area contributed by atoms with Crippen LogP contribution >= 0.6 is 11.3 Å². The molecule has 0 aliphatic carbocycles. The Bertz CT molecular complexity index is 968. The minimum Gasteiger partial charge on any atom is -0.490 e. The summed E-state index contributed by atoms with van der Waals surface area (Å²) in [6.45, 7) is 7.54. The Hall–Kier alpha value is -2.10. The van der Waals surface area contributed by atoms with Gasteiger partial charge in [-0.05, 0) is 62.8 Å². The van der Waals surface area contributed by atoms with Crippen LogP contribution in [-0.4, -0.2) is 44.9 Å². The maximum Gasteiger partial charge on any atom is 0.252 e. The molecule has 2 aromatic rings. The van der Waals surface area contributed by atoms with Crippen molar-refractivity contribution in [2.75, 3.05) is 26.3 Å². The van der Waals surface area contributed by atoms with E-state index in [9.17, 15) is 13.2 Å². The molecule has 1 saturated heterocycles. The van der Waals surface area contributed by atoms with Crippen LogP contribution in [0.4, 0.5) is 0 Å². The number of piperidine rings is 1. The second-order valence-electron chi connectivity index (χ2n) is 7.41. The van der Waals surface area contributed by atoms with Crippen LogP contribution in [0.15, 0.2) is 39.9 Å². The summed E-state index contributed by atoms with van der Waals surface area (Å²) in [5.74, 6) is 1.10. The average molecular weight is 467 g/mol. The summed E-state index contributed by atoms with van der Waals surface area (Å²) in [7, 11) is -3.46. The Morgan fingerprint density at radius 1 is 1.16 bits per heavy atom. The van der Waals surface area contributed by atoms with E-state index in [0.717, 1.165) is 5.56 Å². The minimum atomic E-state index is -3.46. The predicted octanol–water partition coefficient (Wildman–Crippen LogP) is 3.82. The van der Waals surface area contributed by atoms with E-state index in [0.29, 0.717) is 54.9 Å². The van der Waals surface area contributed by atoms with Crippen LogP contribution in [-0.2, 0) is 14.8 Å². The summed E-state index contributed by atoms with van der Waals surface area (Å²) in [6.07, 6.45) is 1.02. The zero-order valence-electron chi connectivity index (χ0n) is 18.2. The number of thiophene rings is 1. The van der Waals surface area contributed by atoms with Gasteiger partial charge in [-0.3, -0.25) is 4.79 Å². The molecule has 0 spiro atoms. The van der Waals surface area contributed by atoms with Gasteiger partial charge in [0.15, 0.2) is 11.5 Å². The first-order chi connectivity index (χ1) is 14.9. The second-order valence-corrected chi connectivity index (χ2v) is 10.5. The fourth-order valence-corrected chi connectivity index (χ4v) is 6.26. The van der Waals surface area contributed by atoms with E-state index < -0.39 is 10.0 Å². The topological polar surface area (TPSA) is 84.9 Å². The van der Waals surface area contributed by atoms with E-state index >= 15 is 0 Å². The van der Waals surface area contributed by atoms with Crippen molar-refractivity contribution in [3.8, 4) is 11.5 Å². The number of ether oxygens (including phenoxy) is 2. The number of carbonyl (C=O) groups excluding carboxylic acids is 1.